The van der Waals surface area contributed by atoms with Gasteiger partial charge in [0.2, 0.25) is 17.8 Å². The lowest BCUT2D eigenvalue weighted by Crippen LogP contribution is -2.52. The molecule has 1 saturated carbocycles. The van der Waals surface area contributed by atoms with Crippen LogP contribution in [0.5, 0.6) is 0 Å². The van der Waals surface area contributed by atoms with E-state index in [1.54, 1.807) is 18.2 Å². The number of nitrogens with one attached hydrogen (secondary N) is 1. The van der Waals surface area contributed by atoms with E-state index in [0.29, 0.717) is 23.0 Å². The normalized spacial score (nSPS) is 23.3. The number of amides is 3. The number of halogens is 1. The van der Waals surface area contributed by atoms with Crippen molar-refractivity contribution in [3.05, 3.63) is 47.5 Å². The van der Waals surface area contributed by atoms with Crippen LogP contribution >= 0.6 is 0 Å². The zero-order valence-electron chi connectivity index (χ0n) is 14.4. The van der Waals surface area contributed by atoms with Gasteiger partial charge in [0.1, 0.15) is 14.4 Å². The largest absolute Gasteiger partial charge is 0.293 e. The molecule has 7 nitrogen and oxygen atoms in total. The molecule has 27 heavy (non-hydrogen) atoms. The van der Waals surface area contributed by atoms with Crippen LogP contribution in [0.3, 0.4) is 0 Å². The number of carbonyl (C=O) groups is 3. The monoisotopic (exact) mass is 366 g/mol. The lowest BCUT2D eigenvalue weighted by Gasteiger charge is -2.33. The average molecular weight is 366 g/mol. The molecule has 2 unspecified atom stereocenters. The molecule has 1 N–H and O–H groups in total. The summed E-state index contributed by atoms with van der Waals surface area (Å²) in [6.07, 6.45) is 2.40. The minimum absolute atomic E-state index is 0. The van der Waals surface area contributed by atoms with E-state index in [1.165, 1.54) is 0 Å². The van der Waals surface area contributed by atoms with E-state index in [-0.39, 0.29) is 13.3 Å². The summed E-state index contributed by atoms with van der Waals surface area (Å²) in [5.74, 6) is -2.31. The second-order valence-electron chi connectivity index (χ2n) is 6.85. The predicted octanol–water partition coefficient (Wildman–Crippen LogP) is 0.554. The summed E-state index contributed by atoms with van der Waals surface area (Å²) in [5.41, 5.74) is 0.667. The number of hydrogen-bond donors (Lipinski definition) is 1. The van der Waals surface area contributed by atoms with Crippen molar-refractivity contribution in [3.63, 3.8) is 0 Å². The summed E-state index contributed by atoms with van der Waals surface area (Å²) in [6.45, 7) is 1.45. The van der Waals surface area contributed by atoms with E-state index in [9.17, 15) is 18.8 Å². The summed E-state index contributed by atoms with van der Waals surface area (Å²) in [6, 6.07) is 4.84. The molecule has 2 heterocycles. The number of carbonyl (C=O) groups excluding carboxylic acids is 3. The first-order valence-corrected chi connectivity index (χ1v) is 8.36. The second-order valence-corrected chi connectivity index (χ2v) is 6.85. The Morgan fingerprint density at radius 3 is 2.70 bits per heavy atom. The third kappa shape index (κ3) is 2.70. The Labute approximate surface area is 156 Å². The van der Waals surface area contributed by atoms with Crippen molar-refractivity contribution in [3.8, 4) is 0 Å². The Bertz CT molecular complexity index is 987. The molecule has 2 aromatic rings. The zero-order chi connectivity index (χ0) is 19.3. The maximum absolute atomic E-state index is 13.0. The van der Waals surface area contributed by atoms with Gasteiger partial charge in [-0.3, -0.25) is 24.6 Å². The molecular formula is C18H16BFN4O3. The summed E-state index contributed by atoms with van der Waals surface area (Å²) in [4.78, 5) is 46.3. The number of rotatable bonds is 3. The van der Waals surface area contributed by atoms with Gasteiger partial charge in [-0.15, -0.1) is 0 Å². The SMILES string of the molecule is [B]c1ccc2c(c1)C1(CC1C)C(=O)N(CC(=O)Nc1ncc(F)cn1)C2=O.[HH]. The number of imide groups is 1. The molecule has 2 aliphatic rings. The molecule has 1 spiro atoms. The van der Waals surface area contributed by atoms with Crippen molar-refractivity contribution >= 4 is 37.0 Å². The van der Waals surface area contributed by atoms with E-state index in [1.807, 2.05) is 6.92 Å². The van der Waals surface area contributed by atoms with Gasteiger partial charge in [0.05, 0.1) is 17.8 Å². The van der Waals surface area contributed by atoms with Crippen molar-refractivity contribution in [2.24, 2.45) is 5.92 Å². The molecule has 1 aromatic carbocycles. The Morgan fingerprint density at radius 2 is 2.07 bits per heavy atom. The highest BCUT2D eigenvalue weighted by Gasteiger charge is 2.64. The van der Waals surface area contributed by atoms with Crippen molar-refractivity contribution in [2.75, 3.05) is 11.9 Å². The lowest BCUT2D eigenvalue weighted by atomic mass is 9.80. The molecular weight excluding hydrogens is 350 g/mol. The van der Waals surface area contributed by atoms with Gasteiger partial charge in [-0.2, -0.15) is 0 Å². The molecule has 1 aliphatic carbocycles. The maximum atomic E-state index is 13.0. The number of hydrogen-bond acceptors (Lipinski definition) is 5. The highest BCUT2D eigenvalue weighted by Crippen LogP contribution is 2.57. The molecule has 3 amide bonds. The van der Waals surface area contributed by atoms with Gasteiger partial charge in [-0.25, -0.2) is 14.4 Å². The summed E-state index contributed by atoms with van der Waals surface area (Å²) < 4.78 is 12.9. The molecule has 1 aliphatic heterocycles. The van der Waals surface area contributed by atoms with Gasteiger partial charge in [0.15, 0.2) is 5.82 Å². The number of benzene rings is 1. The molecule has 136 valence electrons. The third-order valence-electron chi connectivity index (χ3n) is 5.11. The zero-order valence-corrected chi connectivity index (χ0v) is 14.4. The predicted molar refractivity (Wildman–Crippen MR) is 96.1 cm³/mol. The minimum Gasteiger partial charge on any atom is -0.293 e. The molecule has 0 bridgehead atoms. The van der Waals surface area contributed by atoms with Gasteiger partial charge >= 0.3 is 0 Å². The summed E-state index contributed by atoms with van der Waals surface area (Å²) in [7, 11) is 5.84. The molecule has 0 saturated heterocycles. The van der Waals surface area contributed by atoms with Crippen LogP contribution in [-0.2, 0) is 15.0 Å². The fourth-order valence-electron chi connectivity index (χ4n) is 3.64. The third-order valence-corrected chi connectivity index (χ3v) is 5.11. The molecule has 2 atom stereocenters. The molecule has 9 heteroatoms. The fraction of sp³-hybridized carbons (Fsp3) is 0.278. The quantitative estimate of drug-likeness (QED) is 0.633. The van der Waals surface area contributed by atoms with Gasteiger partial charge in [-0.1, -0.05) is 24.5 Å². The first-order chi connectivity index (χ1) is 12.8. The van der Waals surface area contributed by atoms with Crippen molar-refractivity contribution in [2.45, 2.75) is 18.8 Å². The first-order valence-electron chi connectivity index (χ1n) is 8.36. The Balaban J connectivity index is 0.00000225. The van der Waals surface area contributed by atoms with Crippen LogP contribution in [0.2, 0.25) is 0 Å². The van der Waals surface area contributed by atoms with Crippen LogP contribution < -0.4 is 10.8 Å². The van der Waals surface area contributed by atoms with E-state index < -0.39 is 35.5 Å². The average Bonchev–Trinajstić information content (AvgIpc) is 3.31. The maximum Gasteiger partial charge on any atom is 0.261 e. The Hall–Kier alpha value is -3.10. The number of aromatic nitrogens is 2. The van der Waals surface area contributed by atoms with Crippen LogP contribution in [0.15, 0.2) is 30.6 Å². The first kappa shape index (κ1) is 17.3. The van der Waals surface area contributed by atoms with Crippen molar-refractivity contribution in [1.82, 2.24) is 14.9 Å². The topological polar surface area (TPSA) is 92.3 Å². The van der Waals surface area contributed by atoms with E-state index >= 15 is 0 Å². The highest BCUT2D eigenvalue weighted by molar-refractivity contribution is 6.32. The van der Waals surface area contributed by atoms with Gasteiger partial charge < -0.3 is 0 Å². The Kier molecular flexibility index (Phi) is 3.83. The van der Waals surface area contributed by atoms with Crippen LogP contribution in [-0.4, -0.2) is 47.0 Å². The van der Waals surface area contributed by atoms with E-state index in [0.717, 1.165) is 17.3 Å². The lowest BCUT2D eigenvalue weighted by molar-refractivity contribution is -0.135. The number of nitrogens with zero attached hydrogens (tertiary/aromatic N) is 3. The van der Waals surface area contributed by atoms with E-state index in [2.05, 4.69) is 15.3 Å². The Morgan fingerprint density at radius 1 is 1.41 bits per heavy atom. The number of anilines is 1. The fourth-order valence-corrected chi connectivity index (χ4v) is 3.64. The van der Waals surface area contributed by atoms with Gasteiger partial charge in [0, 0.05) is 6.99 Å². The summed E-state index contributed by atoms with van der Waals surface area (Å²) >= 11 is 0. The molecule has 2 radical (unpaired) electrons. The van der Waals surface area contributed by atoms with Crippen LogP contribution in [0, 0.1) is 11.7 Å². The van der Waals surface area contributed by atoms with Gasteiger partial charge in [-0.05, 0) is 24.0 Å². The molecule has 4 rings (SSSR count). The van der Waals surface area contributed by atoms with Crippen LogP contribution in [0.25, 0.3) is 0 Å². The van der Waals surface area contributed by atoms with E-state index in [4.69, 9.17) is 7.85 Å². The summed E-state index contributed by atoms with van der Waals surface area (Å²) in [5, 5.41) is 2.36. The minimum atomic E-state index is -0.814. The second kappa shape index (κ2) is 5.97. The molecule has 1 aromatic heterocycles. The number of fused-ring (bicyclic) bond motifs is 2. The van der Waals surface area contributed by atoms with Crippen LogP contribution in [0.1, 0.15) is 30.7 Å². The highest BCUT2D eigenvalue weighted by atomic mass is 19.1. The van der Waals surface area contributed by atoms with Gasteiger partial charge in [0.25, 0.3) is 5.91 Å². The standard InChI is InChI=1S/C18H14BFN4O3.H2/c1-9-5-18(9)13-4-10(19)2-3-12(13)15(26)24(16(18)27)8-14(25)23-17-21-6-11(20)7-22-17;/h2-4,6-7,9H,5,8H2,1H3,(H,21,22,23,25);1H. The van der Waals surface area contributed by atoms with Crippen molar-refractivity contribution < 1.29 is 20.2 Å². The van der Waals surface area contributed by atoms with Crippen LogP contribution in [0.4, 0.5) is 10.3 Å². The van der Waals surface area contributed by atoms with Crippen molar-refractivity contribution in [1.29, 1.82) is 0 Å². The smallest absolute Gasteiger partial charge is 0.261 e. The molecule has 1 fully saturated rings.